The second kappa shape index (κ2) is 6.47. The molecule has 0 radical (unpaired) electrons. The average Bonchev–Trinajstić information content (AvgIpc) is 2.75. The van der Waals surface area contributed by atoms with Gasteiger partial charge in [0.15, 0.2) is 0 Å². The minimum absolute atomic E-state index is 0.445. The van der Waals surface area contributed by atoms with Crippen molar-refractivity contribution in [3.8, 4) is 0 Å². The first-order valence-electron chi connectivity index (χ1n) is 6.48. The largest absolute Gasteiger partial charge is 0.378 e. The first-order chi connectivity index (χ1) is 8.28. The van der Waals surface area contributed by atoms with Crippen molar-refractivity contribution in [1.29, 1.82) is 0 Å². The lowest BCUT2D eigenvalue weighted by atomic mass is 9.99. The molecule has 17 heavy (non-hydrogen) atoms. The Kier molecular flexibility index (Phi) is 4.95. The van der Waals surface area contributed by atoms with Crippen LogP contribution in [0.4, 0.5) is 0 Å². The molecule has 1 aliphatic heterocycles. The van der Waals surface area contributed by atoms with Crippen LogP contribution in [0.5, 0.6) is 0 Å². The smallest absolute Gasteiger partial charge is 0.0897 e. The lowest BCUT2D eigenvalue weighted by Gasteiger charge is -2.26. The van der Waals surface area contributed by atoms with E-state index in [0.29, 0.717) is 12.1 Å². The zero-order chi connectivity index (χ0) is 12.1. The highest BCUT2D eigenvalue weighted by atomic mass is 32.1. The van der Waals surface area contributed by atoms with Gasteiger partial charge in [-0.1, -0.05) is 0 Å². The molecule has 4 heteroatoms. The van der Waals surface area contributed by atoms with Crippen molar-refractivity contribution in [2.75, 3.05) is 13.7 Å². The standard InChI is InChI=1S/C13H22N2OS/c1-10-15-12(9-17-10)7-11(14-2)8-13-5-3-4-6-16-13/h9,11,13-14H,3-8H2,1-2H3. The highest BCUT2D eigenvalue weighted by Gasteiger charge is 2.19. The number of rotatable bonds is 5. The molecule has 0 spiro atoms. The molecule has 1 aromatic heterocycles. The maximum atomic E-state index is 5.80. The predicted octanol–water partition coefficient (Wildman–Crippen LogP) is 2.54. The third-order valence-electron chi connectivity index (χ3n) is 3.35. The molecule has 96 valence electrons. The van der Waals surface area contributed by atoms with Crippen LogP contribution in [-0.4, -0.2) is 30.8 Å². The molecule has 0 bridgehead atoms. The van der Waals surface area contributed by atoms with E-state index in [1.165, 1.54) is 25.0 Å². The first-order valence-corrected chi connectivity index (χ1v) is 7.35. The Balaban J connectivity index is 1.83. The number of aromatic nitrogens is 1. The van der Waals surface area contributed by atoms with E-state index in [9.17, 15) is 0 Å². The molecule has 2 heterocycles. The summed E-state index contributed by atoms with van der Waals surface area (Å²) in [5, 5.41) is 6.72. The van der Waals surface area contributed by atoms with Gasteiger partial charge >= 0.3 is 0 Å². The van der Waals surface area contributed by atoms with E-state index in [2.05, 4.69) is 22.6 Å². The van der Waals surface area contributed by atoms with Gasteiger partial charge in [-0.05, 0) is 39.7 Å². The summed E-state index contributed by atoms with van der Waals surface area (Å²) in [6.45, 7) is 3.00. The topological polar surface area (TPSA) is 34.2 Å². The minimum Gasteiger partial charge on any atom is -0.378 e. The second-order valence-corrected chi connectivity index (χ2v) is 5.83. The normalized spacial score (nSPS) is 22.6. The van der Waals surface area contributed by atoms with Crippen molar-refractivity contribution in [3.05, 3.63) is 16.1 Å². The van der Waals surface area contributed by atoms with Gasteiger partial charge in [0.05, 0.1) is 16.8 Å². The van der Waals surface area contributed by atoms with Gasteiger partial charge in [-0.25, -0.2) is 4.98 Å². The summed E-state index contributed by atoms with van der Waals surface area (Å²) in [5.74, 6) is 0. The molecule has 2 atom stereocenters. The SMILES string of the molecule is CNC(Cc1csc(C)n1)CC1CCCCO1. The Bertz CT molecular complexity index is 334. The monoisotopic (exact) mass is 254 g/mol. The van der Waals surface area contributed by atoms with Crippen LogP contribution in [0.1, 0.15) is 36.4 Å². The molecule has 0 saturated carbocycles. The molecule has 0 aromatic carbocycles. The van der Waals surface area contributed by atoms with Crippen molar-refractivity contribution in [2.24, 2.45) is 0 Å². The molecule has 1 N–H and O–H groups in total. The van der Waals surface area contributed by atoms with E-state index in [-0.39, 0.29) is 0 Å². The molecular weight excluding hydrogens is 232 g/mol. The fourth-order valence-corrected chi connectivity index (χ4v) is 2.99. The number of ether oxygens (including phenoxy) is 1. The van der Waals surface area contributed by atoms with E-state index in [4.69, 9.17) is 4.74 Å². The number of nitrogens with one attached hydrogen (secondary N) is 1. The van der Waals surface area contributed by atoms with Gasteiger partial charge in [-0.3, -0.25) is 0 Å². The van der Waals surface area contributed by atoms with Gasteiger partial charge in [0.25, 0.3) is 0 Å². The van der Waals surface area contributed by atoms with Gasteiger partial charge in [-0.15, -0.1) is 11.3 Å². The molecular formula is C13H22N2OS. The molecule has 0 aliphatic carbocycles. The van der Waals surface area contributed by atoms with Crippen LogP contribution in [0.15, 0.2) is 5.38 Å². The quantitative estimate of drug-likeness (QED) is 0.877. The number of hydrogen-bond acceptors (Lipinski definition) is 4. The average molecular weight is 254 g/mol. The van der Waals surface area contributed by atoms with Crippen LogP contribution in [0.2, 0.25) is 0 Å². The molecule has 1 saturated heterocycles. The van der Waals surface area contributed by atoms with Crippen LogP contribution in [0, 0.1) is 6.92 Å². The lowest BCUT2D eigenvalue weighted by Crippen LogP contribution is -2.34. The Morgan fingerprint density at radius 1 is 1.59 bits per heavy atom. The Hall–Kier alpha value is -0.450. The van der Waals surface area contributed by atoms with Gasteiger partial charge in [0, 0.05) is 24.4 Å². The van der Waals surface area contributed by atoms with Crippen molar-refractivity contribution >= 4 is 11.3 Å². The van der Waals surface area contributed by atoms with Crippen molar-refractivity contribution in [2.45, 2.75) is 51.2 Å². The Morgan fingerprint density at radius 2 is 2.47 bits per heavy atom. The summed E-state index contributed by atoms with van der Waals surface area (Å²) in [6, 6.07) is 0.486. The zero-order valence-corrected chi connectivity index (χ0v) is 11.6. The van der Waals surface area contributed by atoms with E-state index in [1.54, 1.807) is 11.3 Å². The van der Waals surface area contributed by atoms with Crippen LogP contribution in [0.25, 0.3) is 0 Å². The number of hydrogen-bond donors (Lipinski definition) is 1. The van der Waals surface area contributed by atoms with E-state index in [1.807, 2.05) is 7.05 Å². The maximum Gasteiger partial charge on any atom is 0.0897 e. The molecule has 0 amide bonds. The summed E-state index contributed by atoms with van der Waals surface area (Å²) in [6.07, 6.45) is 6.33. The number of aryl methyl sites for hydroxylation is 1. The Labute approximate surface area is 108 Å². The highest BCUT2D eigenvalue weighted by molar-refractivity contribution is 7.09. The summed E-state index contributed by atoms with van der Waals surface area (Å²) >= 11 is 1.73. The van der Waals surface area contributed by atoms with Crippen LogP contribution in [0.3, 0.4) is 0 Å². The van der Waals surface area contributed by atoms with E-state index < -0.39 is 0 Å². The molecule has 2 rings (SSSR count). The predicted molar refractivity (Wildman–Crippen MR) is 71.6 cm³/mol. The van der Waals surface area contributed by atoms with Crippen molar-refractivity contribution in [3.63, 3.8) is 0 Å². The lowest BCUT2D eigenvalue weighted by molar-refractivity contribution is 0.00564. The summed E-state index contributed by atoms with van der Waals surface area (Å²) in [5.41, 5.74) is 1.21. The molecule has 1 aromatic rings. The zero-order valence-electron chi connectivity index (χ0n) is 10.7. The third kappa shape index (κ3) is 4.05. The molecule has 1 fully saturated rings. The van der Waals surface area contributed by atoms with Crippen molar-refractivity contribution in [1.82, 2.24) is 10.3 Å². The Morgan fingerprint density at radius 3 is 3.06 bits per heavy atom. The van der Waals surface area contributed by atoms with Crippen LogP contribution >= 0.6 is 11.3 Å². The van der Waals surface area contributed by atoms with Crippen LogP contribution in [-0.2, 0) is 11.2 Å². The van der Waals surface area contributed by atoms with Gasteiger partial charge < -0.3 is 10.1 Å². The highest BCUT2D eigenvalue weighted by Crippen LogP contribution is 2.19. The van der Waals surface area contributed by atoms with E-state index >= 15 is 0 Å². The van der Waals surface area contributed by atoms with Crippen molar-refractivity contribution < 1.29 is 4.74 Å². The fraction of sp³-hybridized carbons (Fsp3) is 0.769. The molecule has 2 unspecified atom stereocenters. The maximum absolute atomic E-state index is 5.80. The van der Waals surface area contributed by atoms with E-state index in [0.717, 1.165) is 24.5 Å². The molecule has 3 nitrogen and oxygen atoms in total. The summed E-state index contributed by atoms with van der Waals surface area (Å²) in [4.78, 5) is 4.53. The van der Waals surface area contributed by atoms with Gasteiger partial charge in [-0.2, -0.15) is 0 Å². The number of nitrogens with zero attached hydrogens (tertiary/aromatic N) is 1. The number of thiazole rings is 1. The van der Waals surface area contributed by atoms with Crippen LogP contribution < -0.4 is 5.32 Å². The van der Waals surface area contributed by atoms with Gasteiger partial charge in [0.2, 0.25) is 0 Å². The fourth-order valence-electron chi connectivity index (χ4n) is 2.37. The van der Waals surface area contributed by atoms with Gasteiger partial charge in [0.1, 0.15) is 0 Å². The second-order valence-electron chi connectivity index (χ2n) is 4.77. The molecule has 1 aliphatic rings. The summed E-state index contributed by atoms with van der Waals surface area (Å²) in [7, 11) is 2.03. The minimum atomic E-state index is 0.445. The first kappa shape index (κ1) is 13.0. The summed E-state index contributed by atoms with van der Waals surface area (Å²) < 4.78 is 5.80. The number of likely N-dealkylation sites (N-methyl/N-ethyl adjacent to an activating group) is 1. The third-order valence-corrected chi connectivity index (χ3v) is 4.17.